The summed E-state index contributed by atoms with van der Waals surface area (Å²) in [5.41, 5.74) is 2.77. The molecule has 126 valence electrons. The summed E-state index contributed by atoms with van der Waals surface area (Å²) in [6.07, 6.45) is 1.47. The molecule has 7 heteroatoms. The standard InChI is InChI=1S/C18H11F4N3/c1-8-9-4-2-3-5-10(9)15(13-7-23-25-24-13)14(8)11-6-12(19)17(21)18(22)16(11)20/h2-7,15H,1H3,(H,23,24,25). The van der Waals surface area contributed by atoms with Crippen LogP contribution in [0.25, 0.3) is 11.1 Å². The van der Waals surface area contributed by atoms with Gasteiger partial charge in [-0.2, -0.15) is 15.4 Å². The highest BCUT2D eigenvalue weighted by Gasteiger charge is 2.35. The molecule has 25 heavy (non-hydrogen) atoms. The zero-order valence-corrected chi connectivity index (χ0v) is 12.9. The second kappa shape index (κ2) is 5.54. The minimum atomic E-state index is -1.83. The molecule has 0 amide bonds. The molecule has 0 aliphatic heterocycles. The maximum atomic E-state index is 14.4. The largest absolute Gasteiger partial charge is 0.204 e. The van der Waals surface area contributed by atoms with Crippen molar-refractivity contribution in [2.75, 3.05) is 0 Å². The first kappa shape index (κ1) is 15.6. The van der Waals surface area contributed by atoms with E-state index < -0.39 is 29.2 Å². The highest BCUT2D eigenvalue weighted by atomic mass is 19.2. The lowest BCUT2D eigenvalue weighted by Crippen LogP contribution is -2.07. The molecule has 1 N–H and O–H groups in total. The third-order valence-corrected chi connectivity index (χ3v) is 4.49. The molecule has 1 aliphatic rings. The van der Waals surface area contributed by atoms with Crippen LogP contribution in [0, 0.1) is 23.3 Å². The van der Waals surface area contributed by atoms with Gasteiger partial charge in [0, 0.05) is 5.56 Å². The van der Waals surface area contributed by atoms with Crippen molar-refractivity contribution in [2.45, 2.75) is 12.8 Å². The van der Waals surface area contributed by atoms with E-state index in [1.54, 1.807) is 6.92 Å². The highest BCUT2D eigenvalue weighted by Crippen LogP contribution is 2.50. The summed E-state index contributed by atoms with van der Waals surface area (Å²) in [4.78, 5) is 0. The number of allylic oxidation sites excluding steroid dienone is 2. The minimum absolute atomic E-state index is 0.321. The Morgan fingerprint density at radius 3 is 2.44 bits per heavy atom. The fourth-order valence-electron chi connectivity index (χ4n) is 3.39. The van der Waals surface area contributed by atoms with Gasteiger partial charge >= 0.3 is 0 Å². The first-order valence-corrected chi connectivity index (χ1v) is 7.49. The number of nitrogens with one attached hydrogen (secondary N) is 1. The molecule has 1 heterocycles. The van der Waals surface area contributed by atoms with Gasteiger partial charge in [0.1, 0.15) is 0 Å². The molecule has 0 fully saturated rings. The summed E-state index contributed by atoms with van der Waals surface area (Å²) in [6, 6.07) is 7.97. The predicted octanol–water partition coefficient (Wildman–Crippen LogP) is 4.44. The Kier molecular flexibility index (Phi) is 3.45. The van der Waals surface area contributed by atoms with E-state index in [1.807, 2.05) is 24.3 Å². The Morgan fingerprint density at radius 2 is 1.72 bits per heavy atom. The molecule has 0 spiro atoms. The lowest BCUT2D eigenvalue weighted by Gasteiger charge is -2.16. The Morgan fingerprint density at radius 1 is 0.960 bits per heavy atom. The topological polar surface area (TPSA) is 41.6 Å². The van der Waals surface area contributed by atoms with Crippen molar-refractivity contribution in [3.8, 4) is 0 Å². The van der Waals surface area contributed by atoms with Gasteiger partial charge in [0.05, 0.1) is 17.8 Å². The van der Waals surface area contributed by atoms with Gasteiger partial charge in [-0.3, -0.25) is 0 Å². The normalized spacial score (nSPS) is 16.4. The molecule has 0 saturated carbocycles. The minimum Gasteiger partial charge on any atom is -0.204 e. The van der Waals surface area contributed by atoms with Crippen LogP contribution in [-0.2, 0) is 0 Å². The number of aromatic nitrogens is 3. The Labute approximate surface area is 140 Å². The molecular formula is C18H11F4N3. The van der Waals surface area contributed by atoms with Crippen molar-refractivity contribution in [1.82, 2.24) is 15.4 Å². The van der Waals surface area contributed by atoms with Crippen LogP contribution in [0.1, 0.15) is 35.2 Å². The molecule has 1 atom stereocenters. The van der Waals surface area contributed by atoms with Crippen molar-refractivity contribution < 1.29 is 17.6 Å². The van der Waals surface area contributed by atoms with E-state index in [1.165, 1.54) is 6.20 Å². The van der Waals surface area contributed by atoms with Gasteiger partial charge in [0.2, 0.25) is 0 Å². The van der Waals surface area contributed by atoms with Gasteiger partial charge in [-0.1, -0.05) is 24.3 Å². The summed E-state index contributed by atoms with van der Waals surface area (Å²) in [7, 11) is 0. The first-order valence-electron chi connectivity index (χ1n) is 7.49. The van der Waals surface area contributed by atoms with Gasteiger partial charge in [0.15, 0.2) is 23.3 Å². The van der Waals surface area contributed by atoms with Crippen LogP contribution < -0.4 is 0 Å². The second-order valence-electron chi connectivity index (χ2n) is 5.80. The molecule has 3 nitrogen and oxygen atoms in total. The lowest BCUT2D eigenvalue weighted by atomic mass is 9.88. The third-order valence-electron chi connectivity index (χ3n) is 4.49. The Bertz CT molecular complexity index is 1010. The van der Waals surface area contributed by atoms with Crippen LogP contribution in [-0.4, -0.2) is 15.4 Å². The number of hydrogen-bond donors (Lipinski definition) is 1. The van der Waals surface area contributed by atoms with Crippen molar-refractivity contribution in [1.29, 1.82) is 0 Å². The summed E-state index contributed by atoms with van der Waals surface area (Å²) < 4.78 is 55.3. The Hall–Kier alpha value is -2.96. The molecular weight excluding hydrogens is 334 g/mol. The lowest BCUT2D eigenvalue weighted by molar-refractivity contribution is 0.407. The molecule has 4 rings (SSSR count). The van der Waals surface area contributed by atoms with Crippen LogP contribution in [0.4, 0.5) is 17.6 Å². The highest BCUT2D eigenvalue weighted by molar-refractivity contribution is 6.00. The van der Waals surface area contributed by atoms with Gasteiger partial charge in [0.25, 0.3) is 0 Å². The molecule has 0 saturated heterocycles. The Balaban J connectivity index is 2.02. The smallest absolute Gasteiger partial charge is 0.198 e. The maximum absolute atomic E-state index is 14.4. The van der Waals surface area contributed by atoms with E-state index in [-0.39, 0.29) is 5.56 Å². The molecule has 0 radical (unpaired) electrons. The number of hydrogen-bond acceptors (Lipinski definition) is 2. The number of rotatable bonds is 2. The van der Waals surface area contributed by atoms with Crippen molar-refractivity contribution >= 4 is 11.1 Å². The number of halogens is 4. The molecule has 1 aliphatic carbocycles. The third kappa shape index (κ3) is 2.19. The number of nitrogens with zero attached hydrogens (tertiary/aromatic N) is 2. The fraction of sp³-hybridized carbons (Fsp3) is 0.111. The van der Waals surface area contributed by atoms with Gasteiger partial charge < -0.3 is 0 Å². The molecule has 1 aromatic heterocycles. The summed E-state index contributed by atoms with van der Waals surface area (Å²) in [6.45, 7) is 1.73. The van der Waals surface area contributed by atoms with E-state index in [4.69, 9.17) is 0 Å². The van der Waals surface area contributed by atoms with E-state index >= 15 is 0 Å². The van der Waals surface area contributed by atoms with Crippen LogP contribution in [0.15, 0.2) is 36.5 Å². The van der Waals surface area contributed by atoms with Crippen molar-refractivity contribution in [2.24, 2.45) is 0 Å². The summed E-state index contributed by atoms with van der Waals surface area (Å²) in [5.74, 6) is -7.08. The summed E-state index contributed by atoms with van der Waals surface area (Å²) in [5, 5.41) is 10.3. The fourth-order valence-corrected chi connectivity index (χ4v) is 3.39. The number of aromatic amines is 1. The number of benzene rings is 2. The average Bonchev–Trinajstić information content (AvgIpc) is 3.23. The average molecular weight is 345 g/mol. The maximum Gasteiger partial charge on any atom is 0.198 e. The predicted molar refractivity (Wildman–Crippen MR) is 83.4 cm³/mol. The second-order valence-corrected chi connectivity index (χ2v) is 5.80. The number of H-pyrrole nitrogens is 1. The summed E-state index contributed by atoms with van der Waals surface area (Å²) >= 11 is 0. The molecule has 1 unspecified atom stereocenters. The van der Waals surface area contributed by atoms with Crippen molar-refractivity contribution in [3.05, 3.63) is 82.2 Å². The zero-order valence-electron chi connectivity index (χ0n) is 12.9. The zero-order chi connectivity index (χ0) is 17.7. The van der Waals surface area contributed by atoms with E-state index in [0.717, 1.165) is 11.1 Å². The molecule has 0 bridgehead atoms. The van der Waals surface area contributed by atoms with E-state index in [2.05, 4.69) is 15.4 Å². The van der Waals surface area contributed by atoms with Crippen LogP contribution in [0.3, 0.4) is 0 Å². The first-order chi connectivity index (χ1) is 12.0. The van der Waals surface area contributed by atoms with E-state index in [9.17, 15) is 17.6 Å². The SMILES string of the molecule is CC1=C(c2cc(F)c(F)c(F)c2F)C(c2cn[nH]n2)c2ccccc21. The van der Waals surface area contributed by atoms with Crippen LogP contribution in [0.5, 0.6) is 0 Å². The molecule has 3 aromatic rings. The van der Waals surface area contributed by atoms with Crippen molar-refractivity contribution in [3.63, 3.8) is 0 Å². The van der Waals surface area contributed by atoms with Crippen LogP contribution in [0.2, 0.25) is 0 Å². The van der Waals surface area contributed by atoms with Gasteiger partial charge in [-0.25, -0.2) is 17.6 Å². The van der Waals surface area contributed by atoms with E-state index in [0.29, 0.717) is 22.9 Å². The quantitative estimate of drug-likeness (QED) is 0.424. The van der Waals surface area contributed by atoms with Gasteiger partial charge in [-0.15, -0.1) is 0 Å². The monoisotopic (exact) mass is 345 g/mol. The van der Waals surface area contributed by atoms with Crippen LogP contribution >= 0.6 is 0 Å². The number of fused-ring (bicyclic) bond motifs is 1. The molecule has 2 aromatic carbocycles. The van der Waals surface area contributed by atoms with Gasteiger partial charge in [-0.05, 0) is 35.3 Å².